The van der Waals surface area contributed by atoms with Crippen molar-refractivity contribution in [2.45, 2.75) is 25.8 Å². The highest BCUT2D eigenvalue weighted by atomic mass is 19.1. The van der Waals surface area contributed by atoms with E-state index in [-0.39, 0.29) is 11.9 Å². The van der Waals surface area contributed by atoms with Gasteiger partial charge in [0, 0.05) is 18.4 Å². The first-order chi connectivity index (χ1) is 14.6. The molecule has 156 valence electrons. The lowest BCUT2D eigenvalue weighted by molar-refractivity contribution is 0.0603. The number of aryl methyl sites for hydroxylation is 1. The van der Waals surface area contributed by atoms with Crippen molar-refractivity contribution in [1.82, 2.24) is 14.9 Å². The molecule has 4 rings (SSSR count). The van der Waals surface area contributed by atoms with Crippen LogP contribution in [-0.4, -0.2) is 47.6 Å². The predicted octanol–water partition coefficient (Wildman–Crippen LogP) is 3.98. The second kappa shape index (κ2) is 8.75. The van der Waals surface area contributed by atoms with Crippen LogP contribution in [0.2, 0.25) is 0 Å². The summed E-state index contributed by atoms with van der Waals surface area (Å²) in [4.78, 5) is 23.9. The van der Waals surface area contributed by atoms with Crippen molar-refractivity contribution in [1.29, 1.82) is 0 Å². The Morgan fingerprint density at radius 1 is 1.23 bits per heavy atom. The number of esters is 1. The minimum Gasteiger partial charge on any atom is -0.465 e. The van der Waals surface area contributed by atoms with Gasteiger partial charge in [0.2, 0.25) is 0 Å². The Bertz CT molecular complexity index is 1070. The van der Waals surface area contributed by atoms with E-state index in [2.05, 4.69) is 15.2 Å². The molecule has 0 radical (unpaired) electrons. The number of carbonyl (C=O) groups excluding carboxylic acids is 1. The normalized spacial score (nSPS) is 14.9. The number of nitrogens with one attached hydrogen (secondary N) is 1. The third-order valence-corrected chi connectivity index (χ3v) is 5.45. The molecule has 0 bridgehead atoms. The molecule has 1 aromatic heterocycles. The summed E-state index contributed by atoms with van der Waals surface area (Å²) in [5.41, 5.74) is 1.82. The van der Waals surface area contributed by atoms with Crippen molar-refractivity contribution in [2.75, 3.05) is 32.1 Å². The molecule has 1 N–H and O–H groups in total. The van der Waals surface area contributed by atoms with E-state index in [9.17, 15) is 9.18 Å². The van der Waals surface area contributed by atoms with Gasteiger partial charge in [0.05, 0.1) is 24.2 Å². The molecule has 1 fully saturated rings. The fourth-order valence-electron chi connectivity index (χ4n) is 3.69. The average Bonchev–Trinajstić information content (AvgIpc) is 2.74. The van der Waals surface area contributed by atoms with E-state index in [1.807, 2.05) is 19.1 Å². The molecule has 30 heavy (non-hydrogen) atoms. The summed E-state index contributed by atoms with van der Waals surface area (Å²) in [5.74, 6) is 0.563. The third kappa shape index (κ3) is 4.11. The molecule has 1 aliphatic heterocycles. The number of carbonyl (C=O) groups is 1. The number of hydrogen-bond donors (Lipinski definition) is 1. The highest BCUT2D eigenvalue weighted by molar-refractivity contribution is 6.05. The molecule has 1 atom stereocenters. The Balaban J connectivity index is 1.78. The van der Waals surface area contributed by atoms with Crippen LogP contribution in [0.15, 0.2) is 42.5 Å². The first-order valence-corrected chi connectivity index (χ1v) is 10.2. The van der Waals surface area contributed by atoms with Crippen molar-refractivity contribution in [2.24, 2.45) is 0 Å². The second-order valence-electron chi connectivity index (χ2n) is 7.44. The molecular weight excluding hydrogens is 383 g/mol. The summed E-state index contributed by atoms with van der Waals surface area (Å²) in [6, 6.07) is 11.9. The first kappa shape index (κ1) is 20.2. The number of likely N-dealkylation sites (tertiary alicyclic amines) is 1. The monoisotopic (exact) mass is 408 g/mol. The number of aromatic nitrogens is 2. The Morgan fingerprint density at radius 2 is 2.03 bits per heavy atom. The Kier molecular flexibility index (Phi) is 5.90. The third-order valence-electron chi connectivity index (χ3n) is 5.45. The van der Waals surface area contributed by atoms with E-state index in [1.54, 1.807) is 24.3 Å². The molecular formula is C23H25FN4O2. The smallest absolute Gasteiger partial charge is 0.340 e. The van der Waals surface area contributed by atoms with E-state index in [1.165, 1.54) is 19.6 Å². The summed E-state index contributed by atoms with van der Waals surface area (Å²) in [6.45, 7) is 4.78. The van der Waals surface area contributed by atoms with Crippen LogP contribution in [0.25, 0.3) is 10.9 Å². The fourth-order valence-corrected chi connectivity index (χ4v) is 3.69. The zero-order valence-corrected chi connectivity index (χ0v) is 17.2. The topological polar surface area (TPSA) is 67.4 Å². The Morgan fingerprint density at radius 3 is 2.70 bits per heavy atom. The van der Waals surface area contributed by atoms with Crippen molar-refractivity contribution >= 4 is 22.7 Å². The molecule has 0 spiro atoms. The van der Waals surface area contributed by atoms with Gasteiger partial charge >= 0.3 is 5.97 Å². The number of methoxy groups -OCH3 is 1. The van der Waals surface area contributed by atoms with E-state index < -0.39 is 5.97 Å². The number of benzene rings is 2. The summed E-state index contributed by atoms with van der Waals surface area (Å²) in [7, 11) is 1.36. The van der Waals surface area contributed by atoms with Gasteiger partial charge in [-0.25, -0.2) is 19.2 Å². The summed E-state index contributed by atoms with van der Waals surface area (Å²) < 4.78 is 18.9. The van der Waals surface area contributed by atoms with Gasteiger partial charge in [0.1, 0.15) is 17.5 Å². The van der Waals surface area contributed by atoms with Crippen LogP contribution < -0.4 is 5.32 Å². The van der Waals surface area contributed by atoms with Crippen molar-refractivity contribution in [3.8, 4) is 0 Å². The summed E-state index contributed by atoms with van der Waals surface area (Å²) >= 11 is 0. The molecule has 7 heteroatoms. The van der Waals surface area contributed by atoms with E-state index in [4.69, 9.17) is 9.72 Å². The Hall–Kier alpha value is -3.06. The zero-order chi connectivity index (χ0) is 21.1. The van der Waals surface area contributed by atoms with Crippen LogP contribution in [-0.2, 0) is 11.2 Å². The van der Waals surface area contributed by atoms with Crippen molar-refractivity contribution in [3.63, 3.8) is 0 Å². The lowest BCUT2D eigenvalue weighted by atomic mass is 10.0. The number of nitrogens with zero attached hydrogens (tertiary/aromatic N) is 3. The number of fused-ring (bicyclic) bond motifs is 1. The van der Waals surface area contributed by atoms with Crippen LogP contribution in [0, 0.1) is 5.82 Å². The van der Waals surface area contributed by atoms with Crippen LogP contribution in [0.3, 0.4) is 0 Å². The van der Waals surface area contributed by atoms with Crippen molar-refractivity contribution < 1.29 is 13.9 Å². The minimum atomic E-state index is -0.436. The second-order valence-corrected chi connectivity index (χ2v) is 7.44. The van der Waals surface area contributed by atoms with Gasteiger partial charge in [-0.05, 0) is 49.3 Å². The largest absolute Gasteiger partial charge is 0.465 e. The minimum absolute atomic E-state index is 0.148. The standard InChI is InChI=1S/C23H25FN4O2/c1-3-20-26-21-17(9-5-10-18(21)23(29)30-2)22(27-20)25-19(14-28-11-6-12-28)15-7-4-8-16(24)13-15/h4-5,7-10,13,19H,3,6,11-12,14H2,1-2H3,(H,25,26,27). The van der Waals surface area contributed by atoms with Gasteiger partial charge in [-0.1, -0.05) is 25.1 Å². The average molecular weight is 408 g/mol. The maximum atomic E-state index is 13.9. The number of para-hydroxylation sites is 1. The zero-order valence-electron chi connectivity index (χ0n) is 17.2. The molecule has 2 aromatic carbocycles. The van der Waals surface area contributed by atoms with Gasteiger partial charge < -0.3 is 15.0 Å². The van der Waals surface area contributed by atoms with Gasteiger partial charge in [0.25, 0.3) is 0 Å². The molecule has 0 saturated carbocycles. The summed E-state index contributed by atoms with van der Waals surface area (Å²) in [6.07, 6.45) is 1.80. The number of ether oxygens (including phenoxy) is 1. The predicted molar refractivity (Wildman–Crippen MR) is 114 cm³/mol. The van der Waals surface area contributed by atoms with Crippen LogP contribution in [0.1, 0.15) is 41.1 Å². The van der Waals surface area contributed by atoms with Crippen LogP contribution in [0.4, 0.5) is 10.2 Å². The first-order valence-electron chi connectivity index (χ1n) is 10.2. The highest BCUT2D eigenvalue weighted by Crippen LogP contribution is 2.29. The van der Waals surface area contributed by atoms with E-state index >= 15 is 0 Å². The van der Waals surface area contributed by atoms with Gasteiger partial charge in [-0.15, -0.1) is 0 Å². The van der Waals surface area contributed by atoms with Crippen molar-refractivity contribution in [3.05, 3.63) is 65.2 Å². The molecule has 2 heterocycles. The molecule has 1 unspecified atom stereocenters. The molecule has 3 aromatic rings. The van der Waals surface area contributed by atoms with Gasteiger partial charge in [-0.2, -0.15) is 0 Å². The maximum Gasteiger partial charge on any atom is 0.340 e. The fraction of sp³-hybridized carbons (Fsp3) is 0.348. The molecule has 0 amide bonds. The number of halogens is 1. The highest BCUT2D eigenvalue weighted by Gasteiger charge is 2.23. The number of hydrogen-bond acceptors (Lipinski definition) is 6. The molecule has 0 aliphatic carbocycles. The summed E-state index contributed by atoms with van der Waals surface area (Å²) in [5, 5.41) is 4.25. The van der Waals surface area contributed by atoms with Crippen LogP contribution in [0.5, 0.6) is 0 Å². The van der Waals surface area contributed by atoms with Crippen LogP contribution >= 0.6 is 0 Å². The number of anilines is 1. The lowest BCUT2D eigenvalue weighted by Crippen LogP contribution is -2.41. The van der Waals surface area contributed by atoms with Gasteiger partial charge in [-0.3, -0.25) is 0 Å². The molecule has 1 aliphatic rings. The SMILES string of the molecule is CCc1nc(NC(CN2CCC2)c2cccc(F)c2)c2cccc(C(=O)OC)c2n1. The molecule has 1 saturated heterocycles. The van der Waals surface area contributed by atoms with E-state index in [0.717, 1.165) is 30.6 Å². The Labute approximate surface area is 175 Å². The lowest BCUT2D eigenvalue weighted by Gasteiger charge is -2.35. The van der Waals surface area contributed by atoms with E-state index in [0.29, 0.717) is 29.1 Å². The van der Waals surface area contributed by atoms with Gasteiger partial charge in [0.15, 0.2) is 0 Å². The quantitative estimate of drug-likeness (QED) is 0.597. The molecule has 6 nitrogen and oxygen atoms in total. The maximum absolute atomic E-state index is 13.9. The number of rotatable bonds is 7.